The highest BCUT2D eigenvalue weighted by atomic mass is 16.4. The lowest BCUT2D eigenvalue weighted by atomic mass is 10.0. The summed E-state index contributed by atoms with van der Waals surface area (Å²) in [7, 11) is 0. The number of nitrogens with zero attached hydrogens (tertiary/aromatic N) is 3. The third kappa shape index (κ3) is 1.76. The van der Waals surface area contributed by atoms with Gasteiger partial charge in [0.05, 0.1) is 0 Å². The normalized spacial score (nSPS) is 10.8. The largest absolute Gasteiger partial charge is 0.477 e. The zero-order valence-electron chi connectivity index (χ0n) is 10.2. The van der Waals surface area contributed by atoms with Crippen molar-refractivity contribution in [3.8, 4) is 11.3 Å². The lowest BCUT2D eigenvalue weighted by molar-refractivity contribution is 0.0699. The van der Waals surface area contributed by atoms with Crippen molar-refractivity contribution in [2.24, 2.45) is 0 Å². The number of benzene rings is 1. The van der Waals surface area contributed by atoms with Crippen LogP contribution in [0.4, 0.5) is 0 Å². The van der Waals surface area contributed by atoms with Crippen LogP contribution in [-0.2, 0) is 0 Å². The monoisotopic (exact) mass is 253 g/mol. The summed E-state index contributed by atoms with van der Waals surface area (Å²) < 4.78 is 1.49. The second-order valence-corrected chi connectivity index (χ2v) is 4.23. The van der Waals surface area contributed by atoms with Crippen molar-refractivity contribution in [1.29, 1.82) is 0 Å². The Kier molecular flexibility index (Phi) is 2.52. The molecule has 1 N–H and O–H groups in total. The van der Waals surface area contributed by atoms with E-state index in [-0.39, 0.29) is 5.56 Å². The Labute approximate surface area is 109 Å². The van der Waals surface area contributed by atoms with Crippen LogP contribution in [0.5, 0.6) is 0 Å². The van der Waals surface area contributed by atoms with Gasteiger partial charge in [-0.3, -0.25) is 0 Å². The minimum absolute atomic E-state index is 0.134. The molecule has 0 amide bonds. The van der Waals surface area contributed by atoms with Crippen LogP contribution >= 0.6 is 0 Å². The summed E-state index contributed by atoms with van der Waals surface area (Å²) in [6.45, 7) is 1.93. The molecule has 0 atom stereocenters. The van der Waals surface area contributed by atoms with Gasteiger partial charge >= 0.3 is 5.97 Å². The standard InChI is InChI=1S/C14H11N3O2/c1-9-5-2-3-6-10(9)12-11(14(18)19)13-15-7-4-8-17(13)16-12/h2-8H,1H3,(H,18,19). The minimum atomic E-state index is -1.02. The molecule has 5 heteroatoms. The van der Waals surface area contributed by atoms with Crippen molar-refractivity contribution in [3.05, 3.63) is 53.9 Å². The second kappa shape index (κ2) is 4.20. The van der Waals surface area contributed by atoms with Crippen molar-refractivity contribution in [2.75, 3.05) is 0 Å². The summed E-state index contributed by atoms with van der Waals surface area (Å²) in [5.74, 6) is -1.02. The van der Waals surface area contributed by atoms with Gasteiger partial charge in [0.25, 0.3) is 0 Å². The molecule has 5 nitrogen and oxygen atoms in total. The Hall–Kier alpha value is -2.69. The SMILES string of the molecule is Cc1ccccc1-c1nn2cccnc2c1C(=O)O. The number of carboxylic acids is 1. The van der Waals surface area contributed by atoms with Crippen LogP contribution in [0, 0.1) is 6.92 Å². The zero-order valence-corrected chi connectivity index (χ0v) is 10.2. The highest BCUT2D eigenvalue weighted by Crippen LogP contribution is 2.27. The average Bonchev–Trinajstić information content (AvgIpc) is 2.78. The lowest BCUT2D eigenvalue weighted by Gasteiger charge is -2.02. The number of hydrogen-bond donors (Lipinski definition) is 1. The van der Waals surface area contributed by atoms with Gasteiger partial charge in [0, 0.05) is 18.0 Å². The number of fused-ring (bicyclic) bond motifs is 1. The van der Waals surface area contributed by atoms with Crippen molar-refractivity contribution >= 4 is 11.6 Å². The molecule has 2 aromatic heterocycles. The summed E-state index contributed by atoms with van der Waals surface area (Å²) in [4.78, 5) is 15.6. The Morgan fingerprint density at radius 3 is 2.79 bits per heavy atom. The molecule has 0 aliphatic rings. The number of aromatic carboxylic acids is 1. The summed E-state index contributed by atoms with van der Waals surface area (Å²) in [5.41, 5.74) is 2.73. The third-order valence-corrected chi connectivity index (χ3v) is 3.01. The van der Waals surface area contributed by atoms with Gasteiger partial charge in [0.15, 0.2) is 5.65 Å². The first-order valence-corrected chi connectivity index (χ1v) is 5.81. The lowest BCUT2D eigenvalue weighted by Crippen LogP contribution is -1.99. The Bertz CT molecular complexity index is 777. The van der Waals surface area contributed by atoms with Gasteiger partial charge in [-0.25, -0.2) is 14.3 Å². The number of rotatable bonds is 2. The Balaban J connectivity index is 2.38. The van der Waals surface area contributed by atoms with E-state index in [9.17, 15) is 9.90 Å². The highest BCUT2D eigenvalue weighted by Gasteiger charge is 2.21. The molecule has 0 saturated heterocycles. The van der Waals surface area contributed by atoms with Gasteiger partial charge in [0.1, 0.15) is 11.3 Å². The van der Waals surface area contributed by atoms with E-state index in [2.05, 4.69) is 10.1 Å². The van der Waals surface area contributed by atoms with E-state index in [1.165, 1.54) is 4.52 Å². The van der Waals surface area contributed by atoms with Crippen LogP contribution in [0.25, 0.3) is 16.9 Å². The average molecular weight is 253 g/mol. The molecule has 1 aromatic carbocycles. The fourth-order valence-electron chi connectivity index (χ4n) is 2.11. The fraction of sp³-hybridized carbons (Fsp3) is 0.0714. The van der Waals surface area contributed by atoms with Crippen LogP contribution in [0.15, 0.2) is 42.7 Å². The van der Waals surface area contributed by atoms with Crippen molar-refractivity contribution in [2.45, 2.75) is 6.92 Å². The topological polar surface area (TPSA) is 67.5 Å². The molecule has 0 aliphatic heterocycles. The van der Waals surface area contributed by atoms with E-state index in [1.807, 2.05) is 31.2 Å². The fourth-order valence-corrected chi connectivity index (χ4v) is 2.11. The number of aryl methyl sites for hydroxylation is 1. The van der Waals surface area contributed by atoms with Crippen LogP contribution < -0.4 is 0 Å². The molecule has 0 aliphatic carbocycles. The first-order valence-electron chi connectivity index (χ1n) is 5.81. The number of carbonyl (C=O) groups is 1. The molecule has 3 aromatic rings. The number of carboxylic acid groups (broad SMARTS) is 1. The molecule has 0 radical (unpaired) electrons. The first kappa shape index (κ1) is 11.4. The van der Waals surface area contributed by atoms with Gasteiger partial charge in [-0.15, -0.1) is 0 Å². The first-order chi connectivity index (χ1) is 9.18. The minimum Gasteiger partial charge on any atom is -0.477 e. The summed E-state index contributed by atoms with van der Waals surface area (Å²) in [6.07, 6.45) is 3.25. The van der Waals surface area contributed by atoms with Crippen molar-refractivity contribution < 1.29 is 9.90 Å². The van der Waals surface area contributed by atoms with E-state index in [1.54, 1.807) is 18.5 Å². The van der Waals surface area contributed by atoms with Gasteiger partial charge in [-0.1, -0.05) is 24.3 Å². The van der Waals surface area contributed by atoms with Crippen LogP contribution in [-0.4, -0.2) is 25.7 Å². The van der Waals surface area contributed by atoms with E-state index in [0.717, 1.165) is 11.1 Å². The van der Waals surface area contributed by atoms with Crippen LogP contribution in [0.3, 0.4) is 0 Å². The van der Waals surface area contributed by atoms with Gasteiger partial charge < -0.3 is 5.11 Å². The predicted molar refractivity (Wildman–Crippen MR) is 70.1 cm³/mol. The van der Waals surface area contributed by atoms with E-state index in [4.69, 9.17) is 0 Å². The Morgan fingerprint density at radius 2 is 2.05 bits per heavy atom. The molecule has 3 rings (SSSR count). The maximum absolute atomic E-state index is 11.5. The maximum atomic E-state index is 11.5. The van der Waals surface area contributed by atoms with E-state index in [0.29, 0.717) is 11.3 Å². The molecule has 19 heavy (non-hydrogen) atoms. The van der Waals surface area contributed by atoms with E-state index >= 15 is 0 Å². The molecular weight excluding hydrogens is 242 g/mol. The summed E-state index contributed by atoms with van der Waals surface area (Å²) in [6, 6.07) is 9.29. The van der Waals surface area contributed by atoms with E-state index < -0.39 is 5.97 Å². The molecule has 0 bridgehead atoms. The summed E-state index contributed by atoms with van der Waals surface area (Å²) >= 11 is 0. The second-order valence-electron chi connectivity index (χ2n) is 4.23. The van der Waals surface area contributed by atoms with Gasteiger partial charge in [-0.2, -0.15) is 5.10 Å². The third-order valence-electron chi connectivity index (χ3n) is 3.01. The number of aromatic nitrogens is 3. The Morgan fingerprint density at radius 1 is 1.26 bits per heavy atom. The molecule has 0 saturated carbocycles. The molecule has 94 valence electrons. The smallest absolute Gasteiger partial charge is 0.341 e. The zero-order chi connectivity index (χ0) is 13.4. The number of hydrogen-bond acceptors (Lipinski definition) is 3. The molecule has 0 unspecified atom stereocenters. The quantitative estimate of drug-likeness (QED) is 0.761. The van der Waals surface area contributed by atoms with Crippen molar-refractivity contribution in [3.63, 3.8) is 0 Å². The van der Waals surface area contributed by atoms with Crippen LogP contribution in [0.2, 0.25) is 0 Å². The molecule has 0 fully saturated rings. The molecule has 0 spiro atoms. The van der Waals surface area contributed by atoms with Gasteiger partial charge in [0.2, 0.25) is 0 Å². The van der Waals surface area contributed by atoms with Gasteiger partial charge in [-0.05, 0) is 18.6 Å². The van der Waals surface area contributed by atoms with Crippen molar-refractivity contribution in [1.82, 2.24) is 14.6 Å². The molecule has 2 heterocycles. The predicted octanol–water partition coefficient (Wildman–Crippen LogP) is 2.40. The summed E-state index contributed by atoms with van der Waals surface area (Å²) in [5, 5.41) is 13.7. The maximum Gasteiger partial charge on any atom is 0.341 e. The highest BCUT2D eigenvalue weighted by molar-refractivity contribution is 6.01. The van der Waals surface area contributed by atoms with Crippen LogP contribution in [0.1, 0.15) is 15.9 Å². The molecular formula is C14H11N3O2.